The standard InChI is InChI=1S/C17H16F3N9O/c1-10-6-14(29-16(23-10)21-9-22-29)27-5-4-11(7-27)8-30-13-3-2-12-24-25-15(17(18,19)20)28(12)26-13/h2-3,6,9,11H,4-5,7-8H2,1H3. The summed E-state index contributed by atoms with van der Waals surface area (Å²) in [5, 5.41) is 14.8. The molecule has 0 radical (unpaired) electrons. The van der Waals surface area contributed by atoms with Crippen molar-refractivity contribution in [2.75, 3.05) is 24.6 Å². The summed E-state index contributed by atoms with van der Waals surface area (Å²) in [4.78, 5) is 10.7. The lowest BCUT2D eigenvalue weighted by molar-refractivity contribution is -0.146. The van der Waals surface area contributed by atoms with E-state index in [2.05, 4.69) is 35.3 Å². The van der Waals surface area contributed by atoms with Crippen molar-refractivity contribution in [1.29, 1.82) is 0 Å². The van der Waals surface area contributed by atoms with Gasteiger partial charge in [0.1, 0.15) is 12.1 Å². The third-order valence-electron chi connectivity index (χ3n) is 4.93. The van der Waals surface area contributed by atoms with E-state index in [4.69, 9.17) is 4.74 Å². The molecular weight excluding hydrogens is 403 g/mol. The number of aromatic nitrogens is 8. The van der Waals surface area contributed by atoms with Crippen molar-refractivity contribution in [3.05, 3.63) is 36.0 Å². The molecule has 4 aromatic heterocycles. The van der Waals surface area contributed by atoms with Crippen LogP contribution in [0.3, 0.4) is 0 Å². The van der Waals surface area contributed by atoms with E-state index < -0.39 is 12.0 Å². The van der Waals surface area contributed by atoms with Crippen molar-refractivity contribution in [3.63, 3.8) is 0 Å². The number of anilines is 1. The first-order chi connectivity index (χ1) is 14.4. The average molecular weight is 419 g/mol. The lowest BCUT2D eigenvalue weighted by Gasteiger charge is -2.19. The van der Waals surface area contributed by atoms with Gasteiger partial charge >= 0.3 is 6.18 Å². The van der Waals surface area contributed by atoms with Crippen LogP contribution in [0.4, 0.5) is 19.0 Å². The van der Waals surface area contributed by atoms with Crippen molar-refractivity contribution in [1.82, 2.24) is 39.4 Å². The highest BCUT2D eigenvalue weighted by Gasteiger charge is 2.37. The highest BCUT2D eigenvalue weighted by molar-refractivity contribution is 5.48. The van der Waals surface area contributed by atoms with Crippen LogP contribution in [-0.4, -0.2) is 59.1 Å². The molecule has 0 saturated carbocycles. The van der Waals surface area contributed by atoms with Gasteiger partial charge in [-0.05, 0) is 19.4 Å². The van der Waals surface area contributed by atoms with Crippen LogP contribution >= 0.6 is 0 Å². The Morgan fingerprint density at radius 3 is 2.90 bits per heavy atom. The first-order valence-corrected chi connectivity index (χ1v) is 9.23. The summed E-state index contributed by atoms with van der Waals surface area (Å²) in [5.74, 6) is 0.523. The zero-order valence-electron chi connectivity index (χ0n) is 15.8. The van der Waals surface area contributed by atoms with Gasteiger partial charge in [0.2, 0.25) is 5.88 Å². The van der Waals surface area contributed by atoms with E-state index in [0.717, 1.165) is 24.5 Å². The van der Waals surface area contributed by atoms with Crippen LogP contribution < -0.4 is 9.64 Å². The Bertz CT molecular complexity index is 1220. The molecule has 1 unspecified atom stereocenters. The molecule has 1 atom stereocenters. The summed E-state index contributed by atoms with van der Waals surface area (Å²) in [7, 11) is 0. The molecule has 0 bridgehead atoms. The number of ether oxygens (including phenoxy) is 1. The topological polar surface area (TPSA) is 98.6 Å². The van der Waals surface area contributed by atoms with Crippen LogP contribution in [0.5, 0.6) is 5.88 Å². The molecule has 0 N–H and O–H groups in total. The Morgan fingerprint density at radius 1 is 1.20 bits per heavy atom. The first-order valence-electron chi connectivity index (χ1n) is 9.23. The Kier molecular flexibility index (Phi) is 4.18. The molecule has 1 saturated heterocycles. The van der Waals surface area contributed by atoms with Gasteiger partial charge in [-0.1, -0.05) is 0 Å². The van der Waals surface area contributed by atoms with Crippen LogP contribution in [-0.2, 0) is 6.18 Å². The molecule has 1 aliphatic heterocycles. The molecule has 156 valence electrons. The molecular formula is C17H16F3N9O. The van der Waals surface area contributed by atoms with Crippen LogP contribution in [0.2, 0.25) is 0 Å². The van der Waals surface area contributed by atoms with Gasteiger partial charge in [0, 0.05) is 36.8 Å². The van der Waals surface area contributed by atoms with Gasteiger partial charge in [0.05, 0.1) is 6.61 Å². The van der Waals surface area contributed by atoms with E-state index >= 15 is 0 Å². The second kappa shape index (κ2) is 6.78. The van der Waals surface area contributed by atoms with E-state index in [1.807, 2.05) is 13.0 Å². The molecule has 1 aliphatic rings. The Hall–Kier alpha value is -3.51. The number of hydrogen-bond acceptors (Lipinski definition) is 8. The molecule has 4 aromatic rings. The highest BCUT2D eigenvalue weighted by atomic mass is 19.4. The molecule has 0 aliphatic carbocycles. The van der Waals surface area contributed by atoms with Gasteiger partial charge in [-0.25, -0.2) is 4.98 Å². The second-order valence-corrected chi connectivity index (χ2v) is 7.10. The number of nitrogens with zero attached hydrogens (tertiary/aromatic N) is 9. The number of aryl methyl sites for hydroxylation is 1. The predicted octanol–water partition coefficient (Wildman–Crippen LogP) is 1.79. The second-order valence-electron chi connectivity index (χ2n) is 7.10. The molecule has 5 rings (SSSR count). The van der Waals surface area contributed by atoms with Crippen LogP contribution in [0, 0.1) is 12.8 Å². The number of fused-ring (bicyclic) bond motifs is 2. The monoisotopic (exact) mass is 419 g/mol. The lowest BCUT2D eigenvalue weighted by atomic mass is 10.1. The molecule has 5 heterocycles. The maximum atomic E-state index is 13.0. The molecule has 1 fully saturated rings. The normalized spacial score (nSPS) is 17.3. The van der Waals surface area contributed by atoms with Crippen molar-refractivity contribution in [2.45, 2.75) is 19.5 Å². The summed E-state index contributed by atoms with van der Waals surface area (Å²) < 4.78 is 47.1. The van der Waals surface area contributed by atoms with Gasteiger partial charge in [-0.2, -0.15) is 32.3 Å². The fraction of sp³-hybridized carbons (Fsp3) is 0.412. The van der Waals surface area contributed by atoms with Gasteiger partial charge in [-0.3, -0.25) is 0 Å². The Balaban J connectivity index is 1.29. The van der Waals surface area contributed by atoms with Crippen molar-refractivity contribution < 1.29 is 17.9 Å². The lowest BCUT2D eigenvalue weighted by Crippen LogP contribution is -2.24. The average Bonchev–Trinajstić information content (AvgIpc) is 3.43. The summed E-state index contributed by atoms with van der Waals surface area (Å²) in [6.45, 7) is 3.73. The minimum atomic E-state index is -4.65. The van der Waals surface area contributed by atoms with Gasteiger partial charge in [0.25, 0.3) is 11.6 Å². The summed E-state index contributed by atoms with van der Waals surface area (Å²) in [6.07, 6.45) is -2.32. The maximum absolute atomic E-state index is 13.0. The third-order valence-corrected chi connectivity index (χ3v) is 4.93. The fourth-order valence-electron chi connectivity index (χ4n) is 3.54. The quantitative estimate of drug-likeness (QED) is 0.494. The van der Waals surface area contributed by atoms with E-state index in [-0.39, 0.29) is 17.4 Å². The molecule has 0 spiro atoms. The third kappa shape index (κ3) is 3.25. The minimum Gasteiger partial charge on any atom is -0.476 e. The molecule has 0 aromatic carbocycles. The van der Waals surface area contributed by atoms with Gasteiger partial charge in [-0.15, -0.1) is 15.3 Å². The van der Waals surface area contributed by atoms with E-state index in [9.17, 15) is 13.2 Å². The van der Waals surface area contributed by atoms with E-state index in [0.29, 0.717) is 23.4 Å². The highest BCUT2D eigenvalue weighted by Crippen LogP contribution is 2.28. The van der Waals surface area contributed by atoms with Gasteiger partial charge < -0.3 is 9.64 Å². The number of hydrogen-bond donors (Lipinski definition) is 0. The minimum absolute atomic E-state index is 0.00613. The van der Waals surface area contributed by atoms with Crippen LogP contribution in [0.15, 0.2) is 24.5 Å². The molecule has 13 heteroatoms. The first kappa shape index (κ1) is 18.5. The SMILES string of the molecule is Cc1cc(N2CCC(COc3ccc4nnc(C(F)(F)F)n4n3)C2)n2ncnc2n1. The summed E-state index contributed by atoms with van der Waals surface area (Å²) in [5.41, 5.74) is 0.851. The van der Waals surface area contributed by atoms with E-state index in [1.165, 1.54) is 18.5 Å². The summed E-state index contributed by atoms with van der Waals surface area (Å²) in [6, 6.07) is 4.83. The number of alkyl halides is 3. The molecule has 0 amide bonds. The largest absolute Gasteiger partial charge is 0.476 e. The van der Waals surface area contributed by atoms with E-state index in [1.54, 1.807) is 4.52 Å². The predicted molar refractivity (Wildman–Crippen MR) is 97.1 cm³/mol. The smallest absolute Gasteiger partial charge is 0.453 e. The number of rotatable bonds is 4. The van der Waals surface area contributed by atoms with Crippen LogP contribution in [0.1, 0.15) is 17.9 Å². The van der Waals surface area contributed by atoms with Crippen molar-refractivity contribution >= 4 is 17.2 Å². The maximum Gasteiger partial charge on any atom is 0.453 e. The van der Waals surface area contributed by atoms with Crippen LogP contribution in [0.25, 0.3) is 11.4 Å². The molecule has 10 nitrogen and oxygen atoms in total. The Morgan fingerprint density at radius 2 is 2.07 bits per heavy atom. The van der Waals surface area contributed by atoms with Gasteiger partial charge in [0.15, 0.2) is 5.65 Å². The fourth-order valence-corrected chi connectivity index (χ4v) is 3.54. The summed E-state index contributed by atoms with van der Waals surface area (Å²) >= 11 is 0. The zero-order chi connectivity index (χ0) is 20.9. The molecule has 30 heavy (non-hydrogen) atoms. The van der Waals surface area contributed by atoms with Crippen molar-refractivity contribution in [3.8, 4) is 5.88 Å². The van der Waals surface area contributed by atoms with Crippen molar-refractivity contribution in [2.24, 2.45) is 5.92 Å². The number of halogens is 3. The Labute approximate surface area is 167 Å². The zero-order valence-corrected chi connectivity index (χ0v) is 15.8.